The van der Waals surface area contributed by atoms with Gasteiger partial charge < -0.3 is 4.42 Å². The van der Waals surface area contributed by atoms with Crippen LogP contribution in [0.4, 0.5) is 0 Å². The van der Waals surface area contributed by atoms with Gasteiger partial charge >= 0.3 is 0 Å². The Hall–Kier alpha value is -3.69. The highest BCUT2D eigenvalue weighted by Gasteiger charge is 2.26. The summed E-state index contributed by atoms with van der Waals surface area (Å²) in [4.78, 5) is 14.1. The molecule has 1 unspecified atom stereocenters. The van der Waals surface area contributed by atoms with Gasteiger partial charge in [-0.05, 0) is 81.0 Å². The first kappa shape index (κ1) is 21.8. The number of benzene rings is 5. The second-order valence-electron chi connectivity index (χ2n) is 9.05. The van der Waals surface area contributed by atoms with Crippen LogP contribution in [0.1, 0.15) is 33.0 Å². The van der Waals surface area contributed by atoms with Gasteiger partial charge in [0.1, 0.15) is 11.2 Å². The first-order valence-electron chi connectivity index (χ1n) is 11.8. The third kappa shape index (κ3) is 3.86. The Bertz CT molecular complexity index is 1730. The smallest absolute Gasteiger partial charge is 0.171 e. The molecule has 170 valence electrons. The lowest BCUT2D eigenvalue weighted by atomic mass is 9.83. The van der Waals surface area contributed by atoms with Crippen LogP contribution in [-0.4, -0.2) is 5.78 Å². The maximum Gasteiger partial charge on any atom is 0.171 e. The average molecular weight is 519 g/mol. The molecule has 0 radical (unpaired) electrons. The quantitative estimate of drug-likeness (QED) is 0.213. The van der Waals surface area contributed by atoms with E-state index in [9.17, 15) is 4.79 Å². The number of ketones is 1. The molecule has 0 aliphatic rings. The molecule has 0 saturated carbocycles. The van der Waals surface area contributed by atoms with Crippen LogP contribution < -0.4 is 0 Å². The van der Waals surface area contributed by atoms with Gasteiger partial charge in [-0.3, -0.25) is 4.79 Å². The van der Waals surface area contributed by atoms with Crippen LogP contribution in [0.5, 0.6) is 0 Å². The Morgan fingerprint density at radius 2 is 1.49 bits per heavy atom. The van der Waals surface area contributed by atoms with Crippen molar-refractivity contribution in [3.05, 3.63) is 130 Å². The molecule has 0 fully saturated rings. The van der Waals surface area contributed by atoms with E-state index in [2.05, 4.69) is 65.3 Å². The molecule has 35 heavy (non-hydrogen) atoms. The van der Waals surface area contributed by atoms with Crippen LogP contribution in [-0.2, 0) is 6.42 Å². The minimum absolute atomic E-state index is 0.120. The Labute approximate surface area is 212 Å². The van der Waals surface area contributed by atoms with Crippen molar-refractivity contribution in [2.75, 3.05) is 0 Å². The maximum absolute atomic E-state index is 14.1. The van der Waals surface area contributed by atoms with Crippen molar-refractivity contribution >= 4 is 54.4 Å². The minimum Gasteiger partial charge on any atom is -0.456 e. The minimum atomic E-state index is -0.302. The summed E-state index contributed by atoms with van der Waals surface area (Å²) in [5, 5.41) is 4.34. The van der Waals surface area contributed by atoms with E-state index in [1.807, 2.05) is 60.7 Å². The van der Waals surface area contributed by atoms with Crippen LogP contribution >= 0.6 is 15.9 Å². The number of aryl methyl sites for hydroxylation is 1. The molecule has 0 aliphatic carbocycles. The molecular formula is C32H23BrO2. The number of rotatable bonds is 5. The van der Waals surface area contributed by atoms with E-state index in [-0.39, 0.29) is 11.7 Å². The second-order valence-corrected chi connectivity index (χ2v) is 9.85. The lowest BCUT2D eigenvalue weighted by Crippen LogP contribution is -2.17. The Kier molecular flexibility index (Phi) is 5.50. The summed E-state index contributed by atoms with van der Waals surface area (Å²) in [6.45, 7) is 2.08. The van der Waals surface area contributed by atoms with Crippen LogP contribution in [0.2, 0.25) is 0 Å². The number of fused-ring (bicyclic) bond motifs is 4. The van der Waals surface area contributed by atoms with Crippen molar-refractivity contribution in [2.24, 2.45) is 0 Å². The van der Waals surface area contributed by atoms with Crippen molar-refractivity contribution in [1.82, 2.24) is 0 Å². The van der Waals surface area contributed by atoms with Crippen molar-refractivity contribution in [2.45, 2.75) is 19.3 Å². The highest BCUT2D eigenvalue weighted by Crippen LogP contribution is 2.35. The molecule has 0 spiro atoms. The lowest BCUT2D eigenvalue weighted by molar-refractivity contribution is 0.0958. The molecule has 5 aromatic carbocycles. The summed E-state index contributed by atoms with van der Waals surface area (Å²) < 4.78 is 6.87. The SMILES string of the molecule is Cc1ccccc1C(Cc1ccc2oc3ccccc3c2c1)C(=O)c1ccc2ccccc2c1Br. The maximum atomic E-state index is 14.1. The number of hydrogen-bond donors (Lipinski definition) is 0. The van der Waals surface area contributed by atoms with Gasteiger partial charge in [0, 0.05) is 20.8 Å². The Morgan fingerprint density at radius 3 is 2.34 bits per heavy atom. The fourth-order valence-electron chi connectivity index (χ4n) is 5.07. The van der Waals surface area contributed by atoms with Crippen molar-refractivity contribution in [1.29, 1.82) is 0 Å². The summed E-state index contributed by atoms with van der Waals surface area (Å²) in [5.41, 5.74) is 5.76. The van der Waals surface area contributed by atoms with Crippen molar-refractivity contribution < 1.29 is 9.21 Å². The first-order chi connectivity index (χ1) is 17.1. The predicted octanol–water partition coefficient (Wildman–Crippen LogP) is 9.02. The highest BCUT2D eigenvalue weighted by atomic mass is 79.9. The monoisotopic (exact) mass is 518 g/mol. The van der Waals surface area contributed by atoms with E-state index in [0.717, 1.165) is 53.9 Å². The summed E-state index contributed by atoms with van der Waals surface area (Å²) in [5.74, 6) is -0.182. The average Bonchev–Trinajstić information content (AvgIpc) is 3.26. The van der Waals surface area contributed by atoms with Crippen molar-refractivity contribution in [3.63, 3.8) is 0 Å². The topological polar surface area (TPSA) is 30.2 Å². The summed E-state index contributed by atoms with van der Waals surface area (Å²) in [6, 6.07) is 34.7. The third-order valence-corrected chi connectivity index (χ3v) is 7.74. The van der Waals surface area contributed by atoms with E-state index in [0.29, 0.717) is 12.0 Å². The molecule has 2 nitrogen and oxygen atoms in total. The number of carbonyl (C=O) groups excluding carboxylic acids is 1. The molecule has 0 amide bonds. The zero-order valence-corrected chi connectivity index (χ0v) is 20.9. The molecule has 0 saturated heterocycles. The Balaban J connectivity index is 1.46. The summed E-state index contributed by atoms with van der Waals surface area (Å²) in [7, 11) is 0. The van der Waals surface area contributed by atoms with Gasteiger partial charge in [0.2, 0.25) is 0 Å². The third-order valence-electron chi connectivity index (χ3n) is 6.89. The van der Waals surface area contributed by atoms with Gasteiger partial charge in [-0.25, -0.2) is 0 Å². The predicted molar refractivity (Wildman–Crippen MR) is 147 cm³/mol. The normalized spacial score (nSPS) is 12.4. The number of carbonyl (C=O) groups is 1. The van der Waals surface area contributed by atoms with E-state index >= 15 is 0 Å². The number of para-hydroxylation sites is 1. The van der Waals surface area contributed by atoms with E-state index < -0.39 is 0 Å². The zero-order chi connectivity index (χ0) is 23.9. The first-order valence-corrected chi connectivity index (χ1v) is 12.6. The van der Waals surface area contributed by atoms with Crippen molar-refractivity contribution in [3.8, 4) is 0 Å². The zero-order valence-electron chi connectivity index (χ0n) is 19.3. The number of halogens is 1. The molecule has 0 aliphatic heterocycles. The number of hydrogen-bond acceptors (Lipinski definition) is 2. The molecule has 6 aromatic rings. The molecule has 1 heterocycles. The molecule has 1 aromatic heterocycles. The van der Waals surface area contributed by atoms with Gasteiger partial charge in [0.25, 0.3) is 0 Å². The molecule has 0 bridgehead atoms. The van der Waals surface area contributed by atoms with Gasteiger partial charge in [0.15, 0.2) is 5.78 Å². The highest BCUT2D eigenvalue weighted by molar-refractivity contribution is 9.10. The van der Waals surface area contributed by atoms with Gasteiger partial charge in [-0.2, -0.15) is 0 Å². The van der Waals surface area contributed by atoms with E-state index in [1.165, 1.54) is 0 Å². The van der Waals surface area contributed by atoms with E-state index in [1.54, 1.807) is 0 Å². The van der Waals surface area contributed by atoms with Gasteiger partial charge in [-0.1, -0.05) is 78.9 Å². The number of Topliss-reactive ketones (excluding diaryl/α,β-unsaturated/α-hetero) is 1. The van der Waals surface area contributed by atoms with Crippen LogP contribution in [0.3, 0.4) is 0 Å². The molecule has 6 rings (SSSR count). The standard InChI is InChI=1S/C32H23BrO2/c1-20-8-2-4-10-23(20)28(32(34)26-16-15-22-9-3-5-11-24(22)31(26)33)19-21-14-17-30-27(18-21)25-12-6-7-13-29(25)35-30/h2-18,28H,19H2,1H3. The van der Waals surface area contributed by atoms with Gasteiger partial charge in [0.05, 0.1) is 5.92 Å². The fraction of sp³-hybridized carbons (Fsp3) is 0.0938. The molecule has 3 heteroatoms. The fourth-order valence-corrected chi connectivity index (χ4v) is 5.76. The summed E-state index contributed by atoms with van der Waals surface area (Å²) in [6.07, 6.45) is 0.610. The van der Waals surface area contributed by atoms with Crippen LogP contribution in [0.25, 0.3) is 32.7 Å². The molecular weight excluding hydrogens is 496 g/mol. The second kappa shape index (κ2) is 8.83. The number of furan rings is 1. The largest absolute Gasteiger partial charge is 0.456 e. The van der Waals surface area contributed by atoms with Gasteiger partial charge in [-0.15, -0.1) is 0 Å². The molecule has 0 N–H and O–H groups in total. The van der Waals surface area contributed by atoms with Crippen LogP contribution in [0.15, 0.2) is 112 Å². The van der Waals surface area contributed by atoms with Crippen LogP contribution in [0, 0.1) is 6.92 Å². The van der Waals surface area contributed by atoms with E-state index in [4.69, 9.17) is 4.42 Å². The summed E-state index contributed by atoms with van der Waals surface area (Å²) >= 11 is 3.75. The Morgan fingerprint density at radius 1 is 0.771 bits per heavy atom. The molecule has 1 atom stereocenters. The lowest BCUT2D eigenvalue weighted by Gasteiger charge is -2.20.